The molecule has 4 heterocycles. The quantitative estimate of drug-likeness (QED) is 0.305. The lowest BCUT2D eigenvalue weighted by Gasteiger charge is -2.38. The number of hydrogen-bond acceptors (Lipinski definition) is 6. The number of ether oxygens (including phenoxy) is 2. The standard InChI is InChI=1S/C27H40N2O6/c1-3-5-15-28-16-12-14-27-20(23(31)29(22(27)24(28)32)17-9-7-10-18-30)21-25(33)34-19-11-6-8-13-26(21,4-2)35-27/h8,12-14,20-22,30H,3-7,9-11,15-19H2,1-2H3/b13-8-/t20-,21-,22?,26+,27-/m0/s1. The van der Waals surface area contributed by atoms with Crippen molar-refractivity contribution in [1.29, 1.82) is 0 Å². The van der Waals surface area contributed by atoms with E-state index in [4.69, 9.17) is 9.47 Å². The topological polar surface area (TPSA) is 96.4 Å². The van der Waals surface area contributed by atoms with Crippen molar-refractivity contribution in [2.24, 2.45) is 11.8 Å². The molecule has 1 unspecified atom stereocenters. The van der Waals surface area contributed by atoms with Gasteiger partial charge in [-0.25, -0.2) is 0 Å². The summed E-state index contributed by atoms with van der Waals surface area (Å²) in [5.41, 5.74) is -2.21. The molecule has 0 aromatic heterocycles. The van der Waals surface area contributed by atoms with Crippen LogP contribution in [0.4, 0.5) is 0 Å². The molecule has 2 saturated heterocycles. The van der Waals surface area contributed by atoms with Crippen LogP contribution in [0.15, 0.2) is 24.3 Å². The number of nitrogens with zero attached hydrogens (tertiary/aromatic N) is 2. The summed E-state index contributed by atoms with van der Waals surface area (Å²) in [5.74, 6) is -2.36. The predicted molar refractivity (Wildman–Crippen MR) is 130 cm³/mol. The van der Waals surface area contributed by atoms with Crippen molar-refractivity contribution in [3.63, 3.8) is 0 Å². The van der Waals surface area contributed by atoms with E-state index in [1.165, 1.54) is 0 Å². The number of aliphatic hydroxyl groups excluding tert-OH is 1. The van der Waals surface area contributed by atoms with Crippen molar-refractivity contribution in [2.45, 2.75) is 82.5 Å². The first-order chi connectivity index (χ1) is 17.0. The molecule has 0 aromatic carbocycles. The van der Waals surface area contributed by atoms with E-state index < -0.39 is 35.0 Å². The molecule has 0 radical (unpaired) electrons. The highest BCUT2D eigenvalue weighted by Crippen LogP contribution is 2.58. The summed E-state index contributed by atoms with van der Waals surface area (Å²) in [4.78, 5) is 45.0. The summed E-state index contributed by atoms with van der Waals surface area (Å²) in [6.07, 6.45) is 13.7. The lowest BCUT2D eigenvalue weighted by Crippen LogP contribution is -2.56. The zero-order chi connectivity index (χ0) is 25.1. The van der Waals surface area contributed by atoms with Gasteiger partial charge in [0.15, 0.2) is 0 Å². The van der Waals surface area contributed by atoms with Crippen LogP contribution in [0.5, 0.6) is 0 Å². The molecule has 4 aliphatic rings. The average Bonchev–Trinajstić information content (AvgIpc) is 3.23. The number of esters is 1. The Hall–Kier alpha value is -2.19. The second kappa shape index (κ2) is 10.8. The van der Waals surface area contributed by atoms with Crippen LogP contribution >= 0.6 is 0 Å². The number of allylic oxidation sites excluding steroid dienone is 1. The van der Waals surface area contributed by atoms with E-state index in [2.05, 4.69) is 6.92 Å². The van der Waals surface area contributed by atoms with Crippen LogP contribution in [0.3, 0.4) is 0 Å². The van der Waals surface area contributed by atoms with E-state index in [0.29, 0.717) is 45.5 Å². The van der Waals surface area contributed by atoms with Gasteiger partial charge < -0.3 is 24.4 Å². The smallest absolute Gasteiger partial charge is 0.313 e. The number of hydrogen-bond donors (Lipinski definition) is 1. The maximum atomic E-state index is 14.1. The fourth-order valence-electron chi connectivity index (χ4n) is 6.28. The molecular formula is C27H40N2O6. The fraction of sp³-hybridized carbons (Fsp3) is 0.741. The molecule has 35 heavy (non-hydrogen) atoms. The Labute approximate surface area is 208 Å². The highest BCUT2D eigenvalue weighted by atomic mass is 16.6. The van der Waals surface area contributed by atoms with E-state index in [1.54, 1.807) is 4.90 Å². The number of aliphatic hydroxyl groups is 1. The maximum Gasteiger partial charge on any atom is 0.313 e. The van der Waals surface area contributed by atoms with E-state index in [1.807, 2.05) is 36.1 Å². The minimum absolute atomic E-state index is 0.0960. The van der Waals surface area contributed by atoms with E-state index in [9.17, 15) is 19.5 Å². The molecule has 0 bridgehead atoms. The van der Waals surface area contributed by atoms with Gasteiger partial charge in [-0.2, -0.15) is 0 Å². The van der Waals surface area contributed by atoms with Crippen LogP contribution in [-0.2, 0) is 23.9 Å². The normalized spacial score (nSPS) is 35.5. The van der Waals surface area contributed by atoms with E-state index >= 15 is 0 Å². The number of unbranched alkanes of at least 4 members (excludes halogenated alkanes) is 3. The van der Waals surface area contributed by atoms with Crippen LogP contribution in [0.2, 0.25) is 0 Å². The zero-order valence-corrected chi connectivity index (χ0v) is 21.1. The van der Waals surface area contributed by atoms with Crippen LogP contribution in [0, 0.1) is 11.8 Å². The number of amides is 2. The average molecular weight is 489 g/mol. The molecule has 4 aliphatic heterocycles. The molecule has 8 nitrogen and oxygen atoms in total. The van der Waals surface area contributed by atoms with E-state index in [-0.39, 0.29) is 18.4 Å². The Morgan fingerprint density at radius 3 is 2.57 bits per heavy atom. The second-order valence-electron chi connectivity index (χ2n) is 10.2. The zero-order valence-electron chi connectivity index (χ0n) is 21.1. The summed E-state index contributed by atoms with van der Waals surface area (Å²) >= 11 is 0. The first-order valence-electron chi connectivity index (χ1n) is 13.4. The predicted octanol–water partition coefficient (Wildman–Crippen LogP) is 2.60. The molecule has 4 rings (SSSR count). The molecule has 0 aliphatic carbocycles. The second-order valence-corrected chi connectivity index (χ2v) is 10.2. The molecule has 2 amide bonds. The molecule has 2 fully saturated rings. The number of carbonyl (C=O) groups excluding carboxylic acids is 3. The van der Waals surface area contributed by atoms with Crippen molar-refractivity contribution >= 4 is 17.8 Å². The maximum absolute atomic E-state index is 14.1. The molecule has 0 saturated carbocycles. The molecule has 1 N–H and O–H groups in total. The number of carbonyl (C=O) groups is 3. The monoisotopic (exact) mass is 488 g/mol. The molecule has 5 atom stereocenters. The van der Waals surface area contributed by atoms with Gasteiger partial charge >= 0.3 is 5.97 Å². The summed E-state index contributed by atoms with van der Waals surface area (Å²) in [5, 5.41) is 9.18. The van der Waals surface area contributed by atoms with Gasteiger partial charge in [-0.1, -0.05) is 44.6 Å². The van der Waals surface area contributed by atoms with Gasteiger partial charge in [0.2, 0.25) is 11.8 Å². The van der Waals surface area contributed by atoms with Crippen molar-refractivity contribution < 1.29 is 29.0 Å². The van der Waals surface area contributed by atoms with Crippen molar-refractivity contribution in [2.75, 3.05) is 32.8 Å². The number of likely N-dealkylation sites (tertiary alicyclic amines) is 1. The Morgan fingerprint density at radius 2 is 1.83 bits per heavy atom. The highest BCUT2D eigenvalue weighted by Gasteiger charge is 2.75. The van der Waals surface area contributed by atoms with Crippen LogP contribution in [0.1, 0.15) is 65.2 Å². The van der Waals surface area contributed by atoms with Crippen molar-refractivity contribution in [3.8, 4) is 0 Å². The minimum atomic E-state index is -1.21. The molecule has 8 heteroatoms. The first kappa shape index (κ1) is 25.9. The van der Waals surface area contributed by atoms with Crippen LogP contribution < -0.4 is 0 Å². The first-order valence-corrected chi connectivity index (χ1v) is 13.4. The third kappa shape index (κ3) is 4.44. The van der Waals surface area contributed by atoms with Gasteiger partial charge in [-0.15, -0.1) is 0 Å². The van der Waals surface area contributed by atoms with Crippen LogP contribution in [-0.4, -0.2) is 82.8 Å². The lowest BCUT2D eigenvalue weighted by atomic mass is 9.73. The highest BCUT2D eigenvalue weighted by molar-refractivity contribution is 5.99. The van der Waals surface area contributed by atoms with Gasteiger partial charge in [0.05, 0.1) is 12.5 Å². The van der Waals surface area contributed by atoms with Crippen molar-refractivity contribution in [3.05, 3.63) is 24.3 Å². The van der Waals surface area contributed by atoms with Gasteiger partial charge in [0.1, 0.15) is 23.2 Å². The fourth-order valence-corrected chi connectivity index (χ4v) is 6.28. The van der Waals surface area contributed by atoms with Crippen molar-refractivity contribution in [1.82, 2.24) is 9.80 Å². The third-order valence-corrected chi connectivity index (χ3v) is 8.06. The molecular weight excluding hydrogens is 448 g/mol. The summed E-state index contributed by atoms with van der Waals surface area (Å²) in [6, 6.07) is -0.815. The third-order valence-electron chi connectivity index (χ3n) is 8.06. The largest absolute Gasteiger partial charge is 0.465 e. The van der Waals surface area contributed by atoms with E-state index in [0.717, 1.165) is 32.1 Å². The van der Waals surface area contributed by atoms with Gasteiger partial charge in [-0.05, 0) is 44.9 Å². The summed E-state index contributed by atoms with van der Waals surface area (Å²) < 4.78 is 12.5. The molecule has 194 valence electrons. The Morgan fingerprint density at radius 1 is 1.00 bits per heavy atom. The van der Waals surface area contributed by atoms with Gasteiger partial charge in [-0.3, -0.25) is 14.4 Å². The summed E-state index contributed by atoms with van der Waals surface area (Å²) in [6.45, 7) is 5.92. The Balaban J connectivity index is 1.79. The van der Waals surface area contributed by atoms with Gasteiger partial charge in [0.25, 0.3) is 0 Å². The number of cyclic esters (lactones) is 1. The molecule has 1 spiro atoms. The SMILES string of the molecule is CCCCN1CC=C[C@]23O[C@]4(CC)/C=C\CCCOC(=O)[C@@H]4[C@H]2C(=O)N(CCCCCO)C3C1=O. The van der Waals surface area contributed by atoms with Crippen LogP contribution in [0.25, 0.3) is 0 Å². The Bertz CT molecular complexity index is 872. The minimum Gasteiger partial charge on any atom is -0.465 e. The number of rotatable bonds is 9. The Kier molecular flexibility index (Phi) is 8.01. The molecule has 0 aromatic rings. The van der Waals surface area contributed by atoms with Gasteiger partial charge in [0, 0.05) is 26.2 Å². The summed E-state index contributed by atoms with van der Waals surface area (Å²) in [7, 11) is 0. The lowest BCUT2D eigenvalue weighted by molar-refractivity contribution is -0.161. The number of fused-ring (bicyclic) bond motifs is 2.